The molecule has 0 aromatic rings. The van der Waals surface area contributed by atoms with E-state index in [1.807, 2.05) is 20.8 Å². The molecule has 0 spiro atoms. The van der Waals surface area contributed by atoms with Gasteiger partial charge in [0.05, 0.1) is 18.8 Å². The molecule has 4 nitrogen and oxygen atoms in total. The molecule has 3 unspecified atom stereocenters. The van der Waals surface area contributed by atoms with Crippen LogP contribution in [0.25, 0.3) is 0 Å². The number of rotatable bonds is 8. The smallest absolute Gasteiger partial charge is 0.166 e. The molecule has 0 aromatic heterocycles. The van der Waals surface area contributed by atoms with Crippen LogP contribution in [0.5, 0.6) is 0 Å². The number of carbonyl (C=O) groups excluding carboxylic acids is 1. The van der Waals surface area contributed by atoms with Crippen molar-refractivity contribution in [2.45, 2.75) is 51.9 Å². The molecular weight excluding hydrogens is 208 g/mol. The molecule has 0 heterocycles. The Bertz CT molecular complexity index is 217. The Kier molecular flexibility index (Phi) is 5.95. The van der Waals surface area contributed by atoms with E-state index >= 15 is 0 Å². The maximum atomic E-state index is 11.3. The van der Waals surface area contributed by atoms with Crippen LogP contribution in [0.4, 0.5) is 0 Å². The van der Waals surface area contributed by atoms with Crippen molar-refractivity contribution < 1.29 is 19.0 Å². The van der Waals surface area contributed by atoms with Gasteiger partial charge in [-0.15, -0.1) is 0 Å². The lowest BCUT2D eigenvalue weighted by atomic mass is 9.89. The first-order valence-electron chi connectivity index (χ1n) is 6.06. The Morgan fingerprint density at radius 1 is 1.44 bits per heavy atom. The zero-order valence-corrected chi connectivity index (χ0v) is 10.4. The highest BCUT2D eigenvalue weighted by molar-refractivity contribution is 5.90. The highest BCUT2D eigenvalue weighted by Crippen LogP contribution is 2.24. The molecule has 3 atom stereocenters. The molecule has 4 heteroatoms. The first-order chi connectivity index (χ1) is 7.69. The monoisotopic (exact) mass is 230 g/mol. The first-order valence-corrected chi connectivity index (χ1v) is 6.06. The van der Waals surface area contributed by atoms with Crippen molar-refractivity contribution in [3.63, 3.8) is 0 Å². The lowest BCUT2D eigenvalue weighted by molar-refractivity contribution is -0.176. The number of hydrogen-bond acceptors (Lipinski definition) is 4. The second kappa shape index (κ2) is 6.99. The van der Waals surface area contributed by atoms with Crippen LogP contribution in [0.15, 0.2) is 0 Å². The van der Waals surface area contributed by atoms with Crippen LogP contribution in [0.1, 0.15) is 33.6 Å². The average Bonchev–Trinajstić information content (AvgIpc) is 2.26. The molecule has 1 saturated carbocycles. The van der Waals surface area contributed by atoms with Gasteiger partial charge in [-0.1, -0.05) is 6.92 Å². The van der Waals surface area contributed by atoms with Crippen LogP contribution in [-0.2, 0) is 19.0 Å². The molecular formula is C12H22O4. The van der Waals surface area contributed by atoms with Crippen molar-refractivity contribution in [1.82, 2.24) is 0 Å². The molecule has 0 aromatic carbocycles. The predicted octanol–water partition coefficient (Wildman–Crippen LogP) is 1.56. The zero-order valence-electron chi connectivity index (χ0n) is 10.4. The van der Waals surface area contributed by atoms with Crippen molar-refractivity contribution >= 4 is 5.78 Å². The maximum Gasteiger partial charge on any atom is 0.166 e. The Balaban J connectivity index is 2.23. The van der Waals surface area contributed by atoms with E-state index in [2.05, 4.69) is 0 Å². The van der Waals surface area contributed by atoms with Crippen molar-refractivity contribution in [1.29, 1.82) is 0 Å². The van der Waals surface area contributed by atoms with Crippen LogP contribution >= 0.6 is 0 Å². The lowest BCUT2D eigenvalue weighted by Gasteiger charge is -2.36. The molecule has 16 heavy (non-hydrogen) atoms. The number of hydrogen-bond donors (Lipinski definition) is 0. The third kappa shape index (κ3) is 3.85. The second-order valence-corrected chi connectivity index (χ2v) is 4.11. The summed E-state index contributed by atoms with van der Waals surface area (Å²) in [4.78, 5) is 11.3. The predicted molar refractivity (Wildman–Crippen MR) is 60.5 cm³/mol. The zero-order chi connectivity index (χ0) is 12.0. The minimum atomic E-state index is -0.343. The van der Waals surface area contributed by atoms with E-state index in [-0.39, 0.29) is 24.1 Å². The largest absolute Gasteiger partial charge is 0.379 e. The fraction of sp³-hybridized carbons (Fsp3) is 0.917. The quantitative estimate of drug-likeness (QED) is 0.635. The van der Waals surface area contributed by atoms with E-state index in [0.717, 1.165) is 6.42 Å². The van der Waals surface area contributed by atoms with E-state index in [1.165, 1.54) is 0 Å². The number of carbonyl (C=O) groups is 1. The van der Waals surface area contributed by atoms with Gasteiger partial charge >= 0.3 is 0 Å². The standard InChI is InChI=1S/C12H22O4/c1-4-6-15-12-10(13)7-11(12)16-9(3)8-14-5-2/h9,11-12H,4-8H2,1-3H3. The molecule has 1 rings (SSSR count). The third-order valence-electron chi connectivity index (χ3n) is 2.52. The SMILES string of the molecule is CCCOC1C(=O)CC1OC(C)COCC. The van der Waals surface area contributed by atoms with Gasteiger partial charge in [0.15, 0.2) is 5.78 Å². The molecule has 0 saturated heterocycles. The fourth-order valence-corrected chi connectivity index (χ4v) is 1.65. The molecule has 1 aliphatic carbocycles. The summed E-state index contributed by atoms with van der Waals surface area (Å²) in [6.07, 6.45) is 1.000. The molecule has 0 aliphatic heterocycles. The van der Waals surface area contributed by atoms with Gasteiger partial charge in [-0.2, -0.15) is 0 Å². The molecule has 0 N–H and O–H groups in total. The minimum Gasteiger partial charge on any atom is -0.379 e. The van der Waals surface area contributed by atoms with Gasteiger partial charge in [0.1, 0.15) is 6.10 Å². The Morgan fingerprint density at radius 2 is 2.19 bits per heavy atom. The van der Waals surface area contributed by atoms with Crippen molar-refractivity contribution in [2.75, 3.05) is 19.8 Å². The summed E-state index contributed by atoms with van der Waals surface area (Å²) < 4.78 is 16.4. The first kappa shape index (κ1) is 13.6. The molecule has 0 amide bonds. The average molecular weight is 230 g/mol. The van der Waals surface area contributed by atoms with Gasteiger partial charge in [-0.3, -0.25) is 4.79 Å². The van der Waals surface area contributed by atoms with Crippen LogP contribution in [0.3, 0.4) is 0 Å². The molecule has 1 aliphatic rings. The van der Waals surface area contributed by atoms with E-state index < -0.39 is 0 Å². The highest BCUT2D eigenvalue weighted by Gasteiger charge is 2.42. The Morgan fingerprint density at radius 3 is 2.75 bits per heavy atom. The van der Waals surface area contributed by atoms with E-state index in [1.54, 1.807) is 0 Å². The van der Waals surface area contributed by atoms with Crippen molar-refractivity contribution in [3.8, 4) is 0 Å². The van der Waals surface area contributed by atoms with E-state index in [9.17, 15) is 4.79 Å². The van der Waals surface area contributed by atoms with E-state index in [0.29, 0.717) is 26.2 Å². The second-order valence-electron chi connectivity index (χ2n) is 4.11. The fourth-order valence-electron chi connectivity index (χ4n) is 1.65. The Hall–Kier alpha value is -0.450. The molecule has 1 fully saturated rings. The number of ketones is 1. The van der Waals surface area contributed by atoms with Crippen LogP contribution in [0, 0.1) is 0 Å². The van der Waals surface area contributed by atoms with Gasteiger partial charge in [-0.05, 0) is 20.3 Å². The molecule has 0 radical (unpaired) electrons. The van der Waals surface area contributed by atoms with Crippen LogP contribution < -0.4 is 0 Å². The Labute approximate surface area is 97.2 Å². The summed E-state index contributed by atoms with van der Waals surface area (Å²) in [5, 5.41) is 0. The molecule has 0 bridgehead atoms. The van der Waals surface area contributed by atoms with Gasteiger partial charge in [0.25, 0.3) is 0 Å². The number of ether oxygens (including phenoxy) is 3. The van der Waals surface area contributed by atoms with Crippen LogP contribution in [-0.4, -0.2) is 43.9 Å². The summed E-state index contributed by atoms with van der Waals surface area (Å²) in [5.41, 5.74) is 0. The summed E-state index contributed by atoms with van der Waals surface area (Å²) in [5.74, 6) is 0.155. The summed E-state index contributed by atoms with van der Waals surface area (Å²) in [7, 11) is 0. The maximum absolute atomic E-state index is 11.3. The van der Waals surface area contributed by atoms with Gasteiger partial charge < -0.3 is 14.2 Å². The third-order valence-corrected chi connectivity index (χ3v) is 2.52. The molecule has 94 valence electrons. The van der Waals surface area contributed by atoms with Gasteiger partial charge in [0.2, 0.25) is 0 Å². The lowest BCUT2D eigenvalue weighted by Crippen LogP contribution is -2.52. The summed E-state index contributed by atoms with van der Waals surface area (Å²) in [6.45, 7) is 7.81. The summed E-state index contributed by atoms with van der Waals surface area (Å²) >= 11 is 0. The van der Waals surface area contributed by atoms with Crippen molar-refractivity contribution in [2.24, 2.45) is 0 Å². The normalized spacial score (nSPS) is 26.6. The highest BCUT2D eigenvalue weighted by atomic mass is 16.6. The summed E-state index contributed by atoms with van der Waals surface area (Å²) in [6, 6.07) is 0. The van der Waals surface area contributed by atoms with Gasteiger partial charge in [0, 0.05) is 19.6 Å². The number of Topliss-reactive ketones (excluding diaryl/α,β-unsaturated/α-hetero) is 1. The van der Waals surface area contributed by atoms with Gasteiger partial charge in [-0.25, -0.2) is 0 Å². The van der Waals surface area contributed by atoms with E-state index in [4.69, 9.17) is 14.2 Å². The van der Waals surface area contributed by atoms with Crippen LogP contribution in [0.2, 0.25) is 0 Å². The van der Waals surface area contributed by atoms with Crippen molar-refractivity contribution in [3.05, 3.63) is 0 Å². The topological polar surface area (TPSA) is 44.8 Å². The minimum absolute atomic E-state index is 0.0192.